The second kappa shape index (κ2) is 5.64. The van der Waals surface area contributed by atoms with Crippen LogP contribution >= 0.6 is 15.9 Å². The van der Waals surface area contributed by atoms with Crippen LogP contribution in [0.25, 0.3) is 0 Å². The average Bonchev–Trinajstić information content (AvgIpc) is 2.82. The zero-order valence-corrected chi connectivity index (χ0v) is 11.7. The average molecular weight is 331 g/mol. The molecule has 1 aromatic heterocycles. The van der Waals surface area contributed by atoms with Crippen LogP contribution in [0.3, 0.4) is 0 Å². The van der Waals surface area contributed by atoms with Crippen LogP contribution in [-0.4, -0.2) is 19.9 Å². The van der Waals surface area contributed by atoms with Gasteiger partial charge in [-0.2, -0.15) is 0 Å². The Morgan fingerprint density at radius 2 is 2.00 bits per heavy atom. The van der Waals surface area contributed by atoms with Gasteiger partial charge >= 0.3 is 0 Å². The highest BCUT2D eigenvalue weighted by Gasteiger charge is 2.12. The molecule has 2 rings (SSSR count). The number of oxazole rings is 1. The standard InChI is InChI=1S/C11H11BrN2O3S/c12-9-1-3-11(4-2-9)18(15,16)14-6-5-10-7-17-8-13-10/h1-4,7-8,14H,5-6H2. The molecule has 5 nitrogen and oxygen atoms in total. The van der Waals surface area contributed by atoms with Gasteiger partial charge in [-0.15, -0.1) is 0 Å². The van der Waals surface area contributed by atoms with E-state index in [0.717, 1.165) is 4.47 Å². The normalized spacial score (nSPS) is 11.6. The van der Waals surface area contributed by atoms with E-state index in [1.165, 1.54) is 12.7 Å². The van der Waals surface area contributed by atoms with Crippen LogP contribution in [0.15, 0.2) is 50.7 Å². The third-order valence-electron chi connectivity index (χ3n) is 2.28. The van der Waals surface area contributed by atoms with Crippen LogP contribution in [0, 0.1) is 0 Å². The van der Waals surface area contributed by atoms with Gasteiger partial charge in [0.2, 0.25) is 10.0 Å². The predicted molar refractivity (Wildman–Crippen MR) is 69.5 cm³/mol. The smallest absolute Gasteiger partial charge is 0.240 e. The van der Waals surface area contributed by atoms with Crippen molar-refractivity contribution in [3.05, 3.63) is 47.1 Å². The van der Waals surface area contributed by atoms with Crippen molar-refractivity contribution in [3.63, 3.8) is 0 Å². The van der Waals surface area contributed by atoms with Gasteiger partial charge in [0.05, 0.1) is 10.6 Å². The maximum atomic E-state index is 11.9. The molecule has 2 aromatic rings. The molecule has 1 aromatic carbocycles. The second-order valence-corrected chi connectivity index (χ2v) is 6.26. The summed E-state index contributed by atoms with van der Waals surface area (Å²) in [6.45, 7) is 0.283. The summed E-state index contributed by atoms with van der Waals surface area (Å²) in [6, 6.07) is 6.46. The Morgan fingerprint density at radius 3 is 2.61 bits per heavy atom. The van der Waals surface area contributed by atoms with Crippen molar-refractivity contribution < 1.29 is 12.8 Å². The van der Waals surface area contributed by atoms with E-state index in [4.69, 9.17) is 4.42 Å². The number of halogens is 1. The molecule has 7 heteroatoms. The third-order valence-corrected chi connectivity index (χ3v) is 4.29. The Kier molecular flexibility index (Phi) is 4.15. The quantitative estimate of drug-likeness (QED) is 0.909. The maximum Gasteiger partial charge on any atom is 0.240 e. The fourth-order valence-corrected chi connectivity index (χ4v) is 2.67. The molecular weight excluding hydrogens is 320 g/mol. The van der Waals surface area contributed by atoms with Crippen LogP contribution in [0.1, 0.15) is 5.69 Å². The first-order valence-electron chi connectivity index (χ1n) is 5.20. The van der Waals surface area contributed by atoms with Crippen LogP contribution in [0.2, 0.25) is 0 Å². The molecule has 1 N–H and O–H groups in total. The summed E-state index contributed by atoms with van der Waals surface area (Å²) in [6.07, 6.45) is 3.30. The Bertz CT molecular complexity index is 594. The summed E-state index contributed by atoms with van der Waals surface area (Å²) in [4.78, 5) is 4.15. The van der Waals surface area contributed by atoms with Crippen molar-refractivity contribution in [2.75, 3.05) is 6.54 Å². The number of rotatable bonds is 5. The zero-order chi connectivity index (χ0) is 13.0. The molecule has 96 valence electrons. The van der Waals surface area contributed by atoms with Crippen LogP contribution in [0.5, 0.6) is 0 Å². The minimum atomic E-state index is -3.46. The summed E-state index contributed by atoms with van der Waals surface area (Å²) in [5.74, 6) is 0. The number of sulfonamides is 1. The van der Waals surface area contributed by atoms with E-state index in [1.807, 2.05) is 0 Å². The van der Waals surface area contributed by atoms with E-state index in [-0.39, 0.29) is 11.4 Å². The van der Waals surface area contributed by atoms with E-state index in [1.54, 1.807) is 24.3 Å². The van der Waals surface area contributed by atoms with Crippen molar-refractivity contribution in [1.29, 1.82) is 0 Å². The van der Waals surface area contributed by atoms with E-state index in [0.29, 0.717) is 12.1 Å². The largest absolute Gasteiger partial charge is 0.451 e. The molecule has 0 aliphatic carbocycles. The molecule has 0 saturated carbocycles. The van der Waals surface area contributed by atoms with Gasteiger partial charge < -0.3 is 4.42 Å². The summed E-state index contributed by atoms with van der Waals surface area (Å²) in [5.41, 5.74) is 0.716. The lowest BCUT2D eigenvalue weighted by atomic mass is 10.3. The van der Waals surface area contributed by atoms with Crippen molar-refractivity contribution >= 4 is 26.0 Å². The van der Waals surface area contributed by atoms with Crippen molar-refractivity contribution in [3.8, 4) is 0 Å². The predicted octanol–water partition coefficient (Wildman–Crippen LogP) is 1.96. The molecular formula is C11H11BrN2O3S. The van der Waals surface area contributed by atoms with Gasteiger partial charge in [0.1, 0.15) is 6.26 Å². The molecule has 0 amide bonds. The lowest BCUT2D eigenvalue weighted by Crippen LogP contribution is -2.26. The van der Waals surface area contributed by atoms with E-state index in [2.05, 4.69) is 25.6 Å². The molecule has 0 fully saturated rings. The summed E-state index contributed by atoms with van der Waals surface area (Å²) < 4.78 is 32.0. The van der Waals surface area contributed by atoms with Crippen molar-refractivity contribution in [2.45, 2.75) is 11.3 Å². The molecule has 0 spiro atoms. The molecule has 0 saturated heterocycles. The highest BCUT2D eigenvalue weighted by Crippen LogP contribution is 2.14. The van der Waals surface area contributed by atoms with Crippen molar-refractivity contribution in [1.82, 2.24) is 9.71 Å². The Balaban J connectivity index is 1.97. The molecule has 0 unspecified atom stereocenters. The monoisotopic (exact) mass is 330 g/mol. The molecule has 0 aliphatic rings. The third kappa shape index (κ3) is 3.41. The first-order chi connectivity index (χ1) is 8.58. The topological polar surface area (TPSA) is 72.2 Å². The first kappa shape index (κ1) is 13.3. The Hall–Kier alpha value is -1.18. The number of nitrogens with zero attached hydrogens (tertiary/aromatic N) is 1. The van der Waals surface area contributed by atoms with Crippen LogP contribution in [-0.2, 0) is 16.4 Å². The maximum absolute atomic E-state index is 11.9. The van der Waals surface area contributed by atoms with Gasteiger partial charge in [-0.1, -0.05) is 15.9 Å². The first-order valence-corrected chi connectivity index (χ1v) is 7.48. The highest BCUT2D eigenvalue weighted by molar-refractivity contribution is 9.10. The van der Waals surface area contributed by atoms with Crippen LogP contribution in [0.4, 0.5) is 0 Å². The van der Waals surface area contributed by atoms with Crippen LogP contribution < -0.4 is 4.72 Å². The van der Waals surface area contributed by atoms with E-state index in [9.17, 15) is 8.42 Å². The van der Waals surface area contributed by atoms with Gasteiger partial charge in [0, 0.05) is 17.4 Å². The second-order valence-electron chi connectivity index (χ2n) is 3.58. The lowest BCUT2D eigenvalue weighted by molar-refractivity contribution is 0.555. The number of hydrogen-bond acceptors (Lipinski definition) is 4. The molecule has 0 bridgehead atoms. The van der Waals surface area contributed by atoms with E-state index < -0.39 is 10.0 Å². The fourth-order valence-electron chi connectivity index (χ4n) is 1.37. The summed E-state index contributed by atoms with van der Waals surface area (Å²) >= 11 is 3.26. The Labute approximate surface area is 113 Å². The van der Waals surface area contributed by atoms with Gasteiger partial charge in [-0.25, -0.2) is 18.1 Å². The molecule has 0 atom stereocenters. The zero-order valence-electron chi connectivity index (χ0n) is 9.34. The number of hydrogen-bond donors (Lipinski definition) is 1. The van der Waals surface area contributed by atoms with Gasteiger partial charge in [0.25, 0.3) is 0 Å². The van der Waals surface area contributed by atoms with Gasteiger partial charge in [0.15, 0.2) is 6.39 Å². The SMILES string of the molecule is O=S(=O)(NCCc1cocn1)c1ccc(Br)cc1. The number of aromatic nitrogens is 1. The molecule has 1 heterocycles. The lowest BCUT2D eigenvalue weighted by Gasteiger charge is -2.05. The summed E-state index contributed by atoms with van der Waals surface area (Å²) in [5, 5.41) is 0. The minimum absolute atomic E-state index is 0.242. The molecule has 18 heavy (non-hydrogen) atoms. The van der Waals surface area contributed by atoms with Gasteiger partial charge in [-0.3, -0.25) is 0 Å². The number of benzene rings is 1. The summed E-state index contributed by atoms with van der Waals surface area (Å²) in [7, 11) is -3.46. The van der Waals surface area contributed by atoms with E-state index >= 15 is 0 Å². The minimum Gasteiger partial charge on any atom is -0.451 e. The molecule has 0 aliphatic heterocycles. The fraction of sp³-hybridized carbons (Fsp3) is 0.182. The molecule has 0 radical (unpaired) electrons. The van der Waals surface area contributed by atoms with Gasteiger partial charge in [-0.05, 0) is 24.3 Å². The van der Waals surface area contributed by atoms with Crippen molar-refractivity contribution in [2.24, 2.45) is 0 Å². The highest BCUT2D eigenvalue weighted by atomic mass is 79.9. The Morgan fingerprint density at radius 1 is 1.28 bits per heavy atom. The number of nitrogens with one attached hydrogen (secondary N) is 1.